The first kappa shape index (κ1) is 16.9. The third kappa shape index (κ3) is 3.29. The number of aromatic amines is 1. The zero-order chi connectivity index (χ0) is 18.8. The molecule has 0 spiro atoms. The summed E-state index contributed by atoms with van der Waals surface area (Å²) in [5, 5.41) is 14.2. The van der Waals surface area contributed by atoms with E-state index in [1.165, 1.54) is 19.2 Å². The van der Waals surface area contributed by atoms with E-state index in [2.05, 4.69) is 15.3 Å². The average Bonchev–Trinajstić information content (AvgIpc) is 3.10. The fourth-order valence-corrected chi connectivity index (χ4v) is 3.18. The van der Waals surface area contributed by atoms with Crippen LogP contribution in [0, 0.1) is 5.82 Å². The highest BCUT2D eigenvalue weighted by Crippen LogP contribution is 2.36. The Labute approximate surface area is 155 Å². The van der Waals surface area contributed by atoms with Gasteiger partial charge in [-0.2, -0.15) is 0 Å². The van der Waals surface area contributed by atoms with Gasteiger partial charge in [-0.1, -0.05) is 6.07 Å². The molecule has 1 unspecified atom stereocenters. The van der Waals surface area contributed by atoms with Crippen molar-refractivity contribution < 1.29 is 14.2 Å². The Balaban J connectivity index is 1.86. The molecular formula is C21H18FN3O2. The zero-order valence-corrected chi connectivity index (χ0v) is 14.6. The third-order valence-electron chi connectivity index (χ3n) is 4.50. The van der Waals surface area contributed by atoms with Gasteiger partial charge in [0, 0.05) is 35.1 Å². The molecule has 136 valence electrons. The monoisotopic (exact) mass is 363 g/mol. The molecule has 0 saturated carbocycles. The Morgan fingerprint density at radius 3 is 2.85 bits per heavy atom. The molecule has 2 heterocycles. The SMILES string of the molecule is COc1cc(C(Nc2cccnc2)c2c[nH]c3ccc(F)cc23)ccc1O. The number of benzene rings is 2. The fraction of sp³-hybridized carbons (Fsp3) is 0.0952. The molecule has 1 atom stereocenters. The summed E-state index contributed by atoms with van der Waals surface area (Å²) in [6, 6.07) is 13.3. The Morgan fingerprint density at radius 1 is 1.19 bits per heavy atom. The molecule has 0 aliphatic carbocycles. The number of H-pyrrole nitrogens is 1. The molecule has 2 aromatic carbocycles. The summed E-state index contributed by atoms with van der Waals surface area (Å²) in [5.74, 6) is 0.134. The molecule has 0 bridgehead atoms. The highest BCUT2D eigenvalue weighted by atomic mass is 19.1. The first-order valence-corrected chi connectivity index (χ1v) is 8.45. The first-order valence-electron chi connectivity index (χ1n) is 8.45. The molecule has 2 aromatic heterocycles. The summed E-state index contributed by atoms with van der Waals surface area (Å²) in [6.07, 6.45) is 5.28. The van der Waals surface area contributed by atoms with E-state index in [0.717, 1.165) is 27.7 Å². The summed E-state index contributed by atoms with van der Waals surface area (Å²) < 4.78 is 19.1. The van der Waals surface area contributed by atoms with E-state index in [4.69, 9.17) is 4.74 Å². The lowest BCUT2D eigenvalue weighted by Crippen LogP contribution is -2.12. The van der Waals surface area contributed by atoms with Crippen molar-refractivity contribution in [3.8, 4) is 11.5 Å². The van der Waals surface area contributed by atoms with Crippen LogP contribution in [-0.2, 0) is 0 Å². The van der Waals surface area contributed by atoms with Crippen LogP contribution in [0.25, 0.3) is 10.9 Å². The number of hydrogen-bond acceptors (Lipinski definition) is 4. The smallest absolute Gasteiger partial charge is 0.160 e. The van der Waals surface area contributed by atoms with Crippen molar-refractivity contribution in [2.24, 2.45) is 0 Å². The lowest BCUT2D eigenvalue weighted by atomic mass is 9.97. The highest BCUT2D eigenvalue weighted by molar-refractivity contribution is 5.84. The topological polar surface area (TPSA) is 70.2 Å². The van der Waals surface area contributed by atoms with E-state index in [0.29, 0.717) is 5.75 Å². The normalized spacial score (nSPS) is 12.1. The average molecular weight is 363 g/mol. The van der Waals surface area contributed by atoms with Gasteiger partial charge in [0.2, 0.25) is 0 Å². The van der Waals surface area contributed by atoms with Crippen LogP contribution < -0.4 is 10.1 Å². The van der Waals surface area contributed by atoms with E-state index < -0.39 is 0 Å². The minimum atomic E-state index is -0.306. The fourth-order valence-electron chi connectivity index (χ4n) is 3.18. The van der Waals surface area contributed by atoms with E-state index in [-0.39, 0.29) is 17.6 Å². The number of halogens is 1. The van der Waals surface area contributed by atoms with Gasteiger partial charge < -0.3 is 20.1 Å². The van der Waals surface area contributed by atoms with Gasteiger partial charge in [-0.05, 0) is 48.0 Å². The maximum absolute atomic E-state index is 13.9. The van der Waals surface area contributed by atoms with Gasteiger partial charge in [-0.25, -0.2) is 4.39 Å². The number of aromatic nitrogens is 2. The van der Waals surface area contributed by atoms with Crippen LogP contribution in [0.1, 0.15) is 17.2 Å². The van der Waals surface area contributed by atoms with Gasteiger partial charge in [0.05, 0.1) is 18.8 Å². The zero-order valence-electron chi connectivity index (χ0n) is 14.6. The summed E-state index contributed by atoms with van der Waals surface area (Å²) in [7, 11) is 1.50. The predicted octanol–water partition coefficient (Wildman–Crippen LogP) is 4.62. The lowest BCUT2D eigenvalue weighted by Gasteiger charge is -2.21. The summed E-state index contributed by atoms with van der Waals surface area (Å²) in [6.45, 7) is 0. The minimum absolute atomic E-state index is 0.0614. The van der Waals surface area contributed by atoms with E-state index in [9.17, 15) is 9.50 Å². The van der Waals surface area contributed by atoms with E-state index in [1.807, 2.05) is 24.4 Å². The number of nitrogens with zero attached hydrogens (tertiary/aromatic N) is 1. The summed E-state index contributed by atoms with van der Waals surface area (Å²) >= 11 is 0. The molecule has 4 aromatic rings. The van der Waals surface area contributed by atoms with Crippen molar-refractivity contribution in [2.45, 2.75) is 6.04 Å². The number of nitrogens with one attached hydrogen (secondary N) is 2. The Kier molecular flexibility index (Phi) is 4.38. The van der Waals surface area contributed by atoms with Crippen LogP contribution in [0.3, 0.4) is 0 Å². The predicted molar refractivity (Wildman–Crippen MR) is 103 cm³/mol. The quantitative estimate of drug-likeness (QED) is 0.484. The Hall–Kier alpha value is -3.54. The second-order valence-corrected chi connectivity index (χ2v) is 6.18. The summed E-state index contributed by atoms with van der Waals surface area (Å²) in [4.78, 5) is 7.33. The van der Waals surface area contributed by atoms with Crippen LogP contribution in [0.4, 0.5) is 10.1 Å². The number of hydrogen-bond donors (Lipinski definition) is 3. The van der Waals surface area contributed by atoms with Crippen molar-refractivity contribution in [3.63, 3.8) is 0 Å². The minimum Gasteiger partial charge on any atom is -0.504 e. The first-order chi connectivity index (χ1) is 13.2. The number of phenolic OH excluding ortho intramolecular Hbond substituents is 1. The van der Waals surface area contributed by atoms with E-state index >= 15 is 0 Å². The molecule has 3 N–H and O–H groups in total. The molecule has 0 amide bonds. The van der Waals surface area contributed by atoms with Gasteiger partial charge in [0.15, 0.2) is 11.5 Å². The third-order valence-corrected chi connectivity index (χ3v) is 4.50. The van der Waals surface area contributed by atoms with Gasteiger partial charge in [-0.3, -0.25) is 4.98 Å². The van der Waals surface area contributed by atoms with Gasteiger partial charge in [0.1, 0.15) is 5.82 Å². The molecule has 0 aliphatic rings. The van der Waals surface area contributed by atoms with Gasteiger partial charge in [-0.15, -0.1) is 0 Å². The van der Waals surface area contributed by atoms with Crippen molar-refractivity contribution in [3.05, 3.63) is 84.1 Å². The molecule has 0 aliphatic heterocycles. The molecule has 0 saturated heterocycles. The lowest BCUT2D eigenvalue weighted by molar-refractivity contribution is 0.373. The molecule has 4 rings (SSSR count). The molecular weight excluding hydrogens is 345 g/mol. The number of pyridine rings is 1. The number of anilines is 1. The molecule has 0 fully saturated rings. The number of rotatable bonds is 5. The molecule has 27 heavy (non-hydrogen) atoms. The number of ether oxygens (including phenoxy) is 1. The van der Waals surface area contributed by atoms with Crippen LogP contribution >= 0.6 is 0 Å². The Morgan fingerprint density at radius 2 is 2.07 bits per heavy atom. The van der Waals surface area contributed by atoms with Crippen LogP contribution in [0.5, 0.6) is 11.5 Å². The Bertz CT molecular complexity index is 1080. The van der Waals surface area contributed by atoms with Gasteiger partial charge in [0.25, 0.3) is 0 Å². The van der Waals surface area contributed by atoms with Crippen molar-refractivity contribution in [2.75, 3.05) is 12.4 Å². The van der Waals surface area contributed by atoms with Crippen LogP contribution in [0.15, 0.2) is 67.1 Å². The van der Waals surface area contributed by atoms with Crippen LogP contribution in [0.2, 0.25) is 0 Å². The van der Waals surface area contributed by atoms with Gasteiger partial charge >= 0.3 is 0 Å². The number of fused-ring (bicyclic) bond motifs is 1. The maximum Gasteiger partial charge on any atom is 0.160 e. The molecule has 5 nitrogen and oxygen atoms in total. The second kappa shape index (κ2) is 6.99. The van der Waals surface area contributed by atoms with Crippen molar-refractivity contribution >= 4 is 16.6 Å². The standard InChI is InChI=1S/C21H18FN3O2/c1-27-20-9-13(4-7-19(20)26)21(25-15-3-2-8-23-11-15)17-12-24-18-6-5-14(22)10-16(17)18/h2-12,21,24-26H,1H3. The highest BCUT2D eigenvalue weighted by Gasteiger charge is 2.20. The number of phenols is 1. The maximum atomic E-state index is 13.9. The largest absolute Gasteiger partial charge is 0.504 e. The molecule has 6 heteroatoms. The number of aromatic hydroxyl groups is 1. The van der Waals surface area contributed by atoms with Crippen molar-refractivity contribution in [1.29, 1.82) is 0 Å². The van der Waals surface area contributed by atoms with E-state index in [1.54, 1.807) is 30.6 Å². The number of methoxy groups -OCH3 is 1. The molecule has 0 radical (unpaired) electrons. The van der Waals surface area contributed by atoms with Crippen molar-refractivity contribution in [1.82, 2.24) is 9.97 Å². The summed E-state index contributed by atoms with van der Waals surface area (Å²) in [5.41, 5.74) is 3.40. The van der Waals surface area contributed by atoms with Crippen LogP contribution in [-0.4, -0.2) is 22.2 Å². The second-order valence-electron chi connectivity index (χ2n) is 6.18.